The third-order valence-electron chi connectivity index (χ3n) is 1.64. The second kappa shape index (κ2) is 3.93. The van der Waals surface area contributed by atoms with Crippen LogP contribution >= 0.6 is 0 Å². The molecule has 11 heavy (non-hydrogen) atoms. The Labute approximate surface area is 74.0 Å². The maximum atomic E-state index is 4.46. The van der Waals surface area contributed by atoms with Gasteiger partial charge in [0.05, 0.1) is 0 Å². The van der Waals surface area contributed by atoms with Crippen LogP contribution in [0.3, 0.4) is 0 Å². The molecule has 0 fully saturated rings. The summed E-state index contributed by atoms with van der Waals surface area (Å²) in [6, 6.07) is 0. The van der Waals surface area contributed by atoms with Crippen molar-refractivity contribution in [2.24, 2.45) is 0 Å². The van der Waals surface area contributed by atoms with E-state index in [2.05, 4.69) is 35.6 Å². The molecular formula is C8H14N2Se. The molecule has 1 aromatic rings. The van der Waals surface area contributed by atoms with Crippen molar-refractivity contribution in [3.63, 3.8) is 0 Å². The van der Waals surface area contributed by atoms with Gasteiger partial charge >= 0.3 is 73.6 Å². The van der Waals surface area contributed by atoms with Crippen molar-refractivity contribution in [2.45, 2.75) is 20.8 Å². The fourth-order valence-electron chi connectivity index (χ4n) is 0.981. The molecule has 0 aromatic carbocycles. The van der Waals surface area contributed by atoms with Crippen LogP contribution in [-0.2, 0) is 0 Å². The summed E-state index contributed by atoms with van der Waals surface area (Å²) >= 11 is 0.496. The van der Waals surface area contributed by atoms with Crippen LogP contribution in [0.15, 0.2) is 4.94 Å². The molecule has 0 aliphatic rings. The third-order valence-corrected chi connectivity index (χ3v) is 3.78. The summed E-state index contributed by atoms with van der Waals surface area (Å²) in [4.78, 5) is 9.03. The quantitative estimate of drug-likeness (QED) is 0.709. The second-order valence-electron chi connectivity index (χ2n) is 2.44. The Bertz CT molecular complexity index is 216. The summed E-state index contributed by atoms with van der Waals surface area (Å²) in [5.41, 5.74) is 1.19. The average molecular weight is 217 g/mol. The monoisotopic (exact) mass is 218 g/mol. The zero-order valence-corrected chi connectivity index (χ0v) is 9.01. The van der Waals surface area contributed by atoms with Crippen molar-refractivity contribution >= 4 is 19.2 Å². The molecule has 1 rings (SSSR count). The van der Waals surface area contributed by atoms with Gasteiger partial charge in [-0.1, -0.05) is 0 Å². The normalized spacial score (nSPS) is 10.1. The molecule has 2 nitrogen and oxygen atoms in total. The number of aromatic nitrogens is 1. The predicted octanol–water partition coefficient (Wildman–Crippen LogP) is 1.29. The van der Waals surface area contributed by atoms with E-state index in [1.165, 1.54) is 10.4 Å². The van der Waals surface area contributed by atoms with Crippen molar-refractivity contribution in [3.05, 3.63) is 10.6 Å². The first-order chi connectivity index (χ1) is 5.27. The van der Waals surface area contributed by atoms with Gasteiger partial charge in [-0.3, -0.25) is 0 Å². The van der Waals surface area contributed by atoms with Crippen molar-refractivity contribution in [3.8, 4) is 0 Å². The number of anilines is 1. The summed E-state index contributed by atoms with van der Waals surface area (Å²) < 4.78 is 1.29. The fraction of sp³-hybridized carbons (Fsp3) is 0.625. The minimum atomic E-state index is 0.496. The van der Waals surface area contributed by atoms with Crippen LogP contribution in [0.25, 0.3) is 0 Å². The first-order valence-electron chi connectivity index (χ1n) is 3.95. The Balaban J connectivity index is 2.73. The molecule has 62 valence electrons. The topological polar surface area (TPSA) is 16.1 Å². The maximum absolute atomic E-state index is 4.46. The molecule has 0 radical (unpaired) electrons. The Hall–Kier alpha value is -0.271. The summed E-state index contributed by atoms with van der Waals surface area (Å²) in [6.45, 7) is 8.58. The van der Waals surface area contributed by atoms with Crippen LogP contribution in [0.4, 0.5) is 4.69 Å². The summed E-state index contributed by atoms with van der Waals surface area (Å²) in [7, 11) is 0. The standard InChI is InChI=1S/C8H14N2Se/c1-4-10(5-2)8-9-7(3)6-11-8/h6H,4-5H2,1-3H3. The van der Waals surface area contributed by atoms with E-state index in [0.717, 1.165) is 13.1 Å². The number of aryl methyl sites for hydroxylation is 1. The number of hydrogen-bond donors (Lipinski definition) is 0. The van der Waals surface area contributed by atoms with Crippen LogP contribution in [0.5, 0.6) is 0 Å². The van der Waals surface area contributed by atoms with E-state index < -0.39 is 0 Å². The third kappa shape index (κ3) is 2.08. The van der Waals surface area contributed by atoms with Gasteiger partial charge in [-0.15, -0.1) is 0 Å². The van der Waals surface area contributed by atoms with E-state index in [9.17, 15) is 0 Å². The molecule has 0 saturated heterocycles. The zero-order valence-electron chi connectivity index (χ0n) is 7.29. The fourth-order valence-corrected chi connectivity index (χ4v) is 2.94. The van der Waals surface area contributed by atoms with Crippen LogP contribution < -0.4 is 4.90 Å². The molecule has 0 aliphatic carbocycles. The van der Waals surface area contributed by atoms with Crippen LogP contribution in [0.1, 0.15) is 19.5 Å². The van der Waals surface area contributed by atoms with Gasteiger partial charge in [0.1, 0.15) is 0 Å². The second-order valence-corrected chi connectivity index (χ2v) is 4.20. The Morgan fingerprint density at radius 3 is 2.45 bits per heavy atom. The van der Waals surface area contributed by atoms with E-state index in [4.69, 9.17) is 0 Å². The number of hydrogen-bond acceptors (Lipinski definition) is 2. The first kappa shape index (κ1) is 8.82. The van der Waals surface area contributed by atoms with E-state index in [0.29, 0.717) is 14.5 Å². The molecule has 1 aromatic heterocycles. The van der Waals surface area contributed by atoms with Crippen molar-refractivity contribution in [2.75, 3.05) is 18.0 Å². The average Bonchev–Trinajstić information content (AvgIpc) is 2.39. The van der Waals surface area contributed by atoms with Gasteiger partial charge in [0, 0.05) is 0 Å². The van der Waals surface area contributed by atoms with Crippen LogP contribution in [-0.4, -0.2) is 32.6 Å². The summed E-state index contributed by atoms with van der Waals surface area (Å²) in [5, 5.41) is 0. The number of nitrogens with zero attached hydrogens (tertiary/aromatic N) is 2. The first-order valence-corrected chi connectivity index (χ1v) is 5.79. The molecule has 0 saturated carbocycles. The summed E-state index contributed by atoms with van der Waals surface area (Å²) in [5.74, 6) is 0. The van der Waals surface area contributed by atoms with E-state index >= 15 is 0 Å². The zero-order chi connectivity index (χ0) is 8.27. The van der Waals surface area contributed by atoms with E-state index in [1.807, 2.05) is 0 Å². The van der Waals surface area contributed by atoms with Crippen molar-refractivity contribution in [1.82, 2.24) is 4.98 Å². The van der Waals surface area contributed by atoms with Crippen molar-refractivity contribution in [1.29, 1.82) is 0 Å². The minimum absolute atomic E-state index is 0.496. The van der Waals surface area contributed by atoms with Gasteiger partial charge in [-0.25, -0.2) is 0 Å². The SMILES string of the molecule is CCN(CC)c1nc(C)c[se]1. The number of rotatable bonds is 3. The molecule has 0 spiro atoms. The Morgan fingerprint density at radius 1 is 1.45 bits per heavy atom. The van der Waals surface area contributed by atoms with E-state index in [1.54, 1.807) is 0 Å². The molecule has 1 heterocycles. The van der Waals surface area contributed by atoms with Gasteiger partial charge in [0.25, 0.3) is 0 Å². The molecule has 0 unspecified atom stereocenters. The molecule has 0 N–H and O–H groups in total. The van der Waals surface area contributed by atoms with Crippen molar-refractivity contribution < 1.29 is 0 Å². The molecule has 0 bridgehead atoms. The van der Waals surface area contributed by atoms with Gasteiger partial charge in [-0.05, 0) is 0 Å². The Kier molecular flexibility index (Phi) is 3.15. The molecular weight excluding hydrogens is 203 g/mol. The van der Waals surface area contributed by atoms with E-state index in [-0.39, 0.29) is 0 Å². The van der Waals surface area contributed by atoms with Crippen LogP contribution in [0, 0.1) is 6.92 Å². The van der Waals surface area contributed by atoms with Gasteiger partial charge in [0.15, 0.2) is 0 Å². The van der Waals surface area contributed by atoms with Gasteiger partial charge in [0.2, 0.25) is 0 Å². The van der Waals surface area contributed by atoms with Gasteiger partial charge in [-0.2, -0.15) is 0 Å². The molecule has 0 atom stereocenters. The van der Waals surface area contributed by atoms with Crippen LogP contribution in [0.2, 0.25) is 0 Å². The van der Waals surface area contributed by atoms with Gasteiger partial charge < -0.3 is 0 Å². The predicted molar refractivity (Wildman–Crippen MR) is 49.5 cm³/mol. The molecule has 0 amide bonds. The summed E-state index contributed by atoms with van der Waals surface area (Å²) in [6.07, 6.45) is 0. The molecule has 3 heteroatoms. The molecule has 0 aliphatic heterocycles. The Morgan fingerprint density at radius 2 is 2.09 bits per heavy atom.